The number of Topliss-reactive ketones (excluding diaryl/α,β-unsaturated/α-hetero) is 1. The number of ether oxygens (including phenoxy) is 2. The number of nitrogens with one attached hydrogen (secondary N) is 1. The van der Waals surface area contributed by atoms with Crippen LogP contribution in [0.5, 0.6) is 0 Å². The summed E-state index contributed by atoms with van der Waals surface area (Å²) in [5, 5.41) is 3.73. The van der Waals surface area contributed by atoms with Gasteiger partial charge in [-0.15, -0.1) is 0 Å². The highest BCUT2D eigenvalue weighted by Crippen LogP contribution is 2.23. The molecule has 1 aromatic heterocycles. The molecule has 0 radical (unpaired) electrons. The van der Waals surface area contributed by atoms with Gasteiger partial charge in [-0.1, -0.05) is 11.8 Å². The Morgan fingerprint density at radius 1 is 1.07 bits per heavy atom. The Hall–Kier alpha value is -3.12. The molecule has 2 aromatic carbocycles. The smallest absolute Gasteiger partial charge is 0.262 e. The van der Waals surface area contributed by atoms with E-state index in [2.05, 4.69) is 10.2 Å². The van der Waals surface area contributed by atoms with Crippen LogP contribution >= 0.6 is 11.8 Å². The minimum absolute atomic E-state index is 0.0262. The maximum Gasteiger partial charge on any atom is 0.262 e. The van der Waals surface area contributed by atoms with Crippen LogP contribution in [0.1, 0.15) is 40.0 Å². The minimum atomic E-state index is -0.414. The van der Waals surface area contributed by atoms with Gasteiger partial charge in [0.15, 0.2) is 10.9 Å². The van der Waals surface area contributed by atoms with Gasteiger partial charge in [-0.2, -0.15) is 0 Å². The number of rotatable bonds is 11. The van der Waals surface area contributed by atoms with E-state index in [4.69, 9.17) is 14.5 Å². The highest BCUT2D eigenvalue weighted by molar-refractivity contribution is 7.99. The van der Waals surface area contributed by atoms with E-state index in [1.165, 1.54) is 24.3 Å². The van der Waals surface area contributed by atoms with Crippen LogP contribution in [-0.2, 0) is 16.0 Å². The van der Waals surface area contributed by atoms with Crippen LogP contribution in [-0.4, -0.2) is 84.0 Å². The van der Waals surface area contributed by atoms with Crippen LogP contribution in [0.25, 0.3) is 10.9 Å². The Bertz CT molecular complexity index is 1400. The van der Waals surface area contributed by atoms with Crippen molar-refractivity contribution < 1.29 is 23.5 Å². The largest absolute Gasteiger partial charge is 0.379 e. The van der Waals surface area contributed by atoms with Crippen LogP contribution in [0.15, 0.2) is 52.4 Å². The van der Waals surface area contributed by atoms with E-state index in [1.54, 1.807) is 22.8 Å². The molecule has 1 atom stereocenters. The van der Waals surface area contributed by atoms with Crippen molar-refractivity contribution in [3.05, 3.63) is 69.8 Å². The summed E-state index contributed by atoms with van der Waals surface area (Å²) in [6, 6.07) is 10.3. The lowest BCUT2D eigenvalue weighted by Gasteiger charge is -2.26. The molecular weight excluding hydrogens is 535 g/mol. The monoisotopic (exact) mass is 568 g/mol. The van der Waals surface area contributed by atoms with Gasteiger partial charge in [0.2, 0.25) is 0 Å². The summed E-state index contributed by atoms with van der Waals surface area (Å²) in [6.45, 7) is 5.72. The Morgan fingerprint density at radius 2 is 1.85 bits per heavy atom. The first-order chi connectivity index (χ1) is 19.5. The molecule has 2 aliphatic heterocycles. The molecule has 5 rings (SSSR count). The number of carbonyl (C=O) groups is 2. The molecule has 0 spiro atoms. The number of hydrogen-bond donors (Lipinski definition) is 1. The lowest BCUT2D eigenvalue weighted by Crippen LogP contribution is -2.38. The zero-order valence-corrected chi connectivity index (χ0v) is 23.1. The van der Waals surface area contributed by atoms with Gasteiger partial charge in [-0.25, -0.2) is 9.37 Å². The van der Waals surface area contributed by atoms with Gasteiger partial charge < -0.3 is 14.8 Å². The Morgan fingerprint density at radius 3 is 2.60 bits per heavy atom. The van der Waals surface area contributed by atoms with Crippen molar-refractivity contribution in [1.29, 1.82) is 0 Å². The molecular formula is C29H33FN4O5S. The van der Waals surface area contributed by atoms with E-state index >= 15 is 0 Å². The lowest BCUT2D eigenvalue weighted by atomic mass is 10.1. The summed E-state index contributed by atoms with van der Waals surface area (Å²) in [5.74, 6) is -0.816. The molecule has 0 saturated carbocycles. The van der Waals surface area contributed by atoms with E-state index in [1.807, 2.05) is 0 Å². The highest BCUT2D eigenvalue weighted by Gasteiger charge is 2.21. The van der Waals surface area contributed by atoms with Gasteiger partial charge >= 0.3 is 0 Å². The average Bonchev–Trinajstić information content (AvgIpc) is 3.49. The van der Waals surface area contributed by atoms with Crippen molar-refractivity contribution in [3.8, 4) is 0 Å². The van der Waals surface area contributed by atoms with E-state index in [0.717, 1.165) is 63.9 Å². The molecule has 11 heteroatoms. The quantitative estimate of drug-likeness (QED) is 0.163. The summed E-state index contributed by atoms with van der Waals surface area (Å²) in [5.41, 5.74) is 0.956. The van der Waals surface area contributed by atoms with Crippen LogP contribution in [0.4, 0.5) is 4.39 Å². The predicted octanol–water partition coefficient (Wildman–Crippen LogP) is 3.14. The molecule has 40 heavy (non-hydrogen) atoms. The Labute approximate surface area is 236 Å². The topological polar surface area (TPSA) is 103 Å². The molecule has 1 amide bonds. The summed E-state index contributed by atoms with van der Waals surface area (Å²) < 4.78 is 26.0. The molecule has 0 bridgehead atoms. The SMILES string of the molecule is O=C(CSc1nc2cc(C(=O)NCCCN3CCOCC3)ccc2c(=O)n1C[C@H]1CCCO1)c1ccc(F)cc1. The van der Waals surface area contributed by atoms with Gasteiger partial charge in [-0.05, 0) is 68.3 Å². The van der Waals surface area contributed by atoms with Gasteiger partial charge in [-0.3, -0.25) is 23.9 Å². The molecule has 0 aliphatic carbocycles. The molecule has 9 nitrogen and oxygen atoms in total. The van der Waals surface area contributed by atoms with Crippen molar-refractivity contribution in [2.24, 2.45) is 0 Å². The van der Waals surface area contributed by atoms with Crippen LogP contribution in [0.2, 0.25) is 0 Å². The summed E-state index contributed by atoms with van der Waals surface area (Å²) in [7, 11) is 0. The van der Waals surface area contributed by atoms with Crippen molar-refractivity contribution in [2.75, 3.05) is 51.8 Å². The molecule has 3 heterocycles. The molecule has 2 aliphatic rings. The Balaban J connectivity index is 1.32. The van der Waals surface area contributed by atoms with Crippen molar-refractivity contribution in [1.82, 2.24) is 19.8 Å². The normalized spacial score (nSPS) is 17.8. The lowest BCUT2D eigenvalue weighted by molar-refractivity contribution is 0.0374. The Kier molecular flexibility index (Phi) is 9.58. The zero-order chi connectivity index (χ0) is 27.9. The summed E-state index contributed by atoms with van der Waals surface area (Å²) in [4.78, 5) is 46.2. The molecule has 212 valence electrons. The van der Waals surface area contributed by atoms with Crippen molar-refractivity contribution >= 4 is 34.4 Å². The average molecular weight is 569 g/mol. The van der Waals surface area contributed by atoms with E-state index in [0.29, 0.717) is 46.9 Å². The second-order valence-electron chi connectivity index (χ2n) is 9.96. The number of hydrogen-bond acceptors (Lipinski definition) is 8. The maximum absolute atomic E-state index is 13.5. The van der Waals surface area contributed by atoms with E-state index in [9.17, 15) is 18.8 Å². The number of fused-ring (bicyclic) bond motifs is 1. The molecule has 1 N–H and O–H groups in total. The van der Waals surface area contributed by atoms with Crippen LogP contribution in [0, 0.1) is 5.82 Å². The standard InChI is InChI=1S/C29H33FN4O5S/c30-22-7-4-20(5-8-22)26(35)19-40-29-32-25-17-21(27(36)31-10-2-11-33-12-15-38-16-13-33)6-9-24(25)28(37)34(29)18-23-3-1-14-39-23/h4-9,17,23H,1-3,10-16,18-19H2,(H,31,36)/t23-/m1/s1. The fourth-order valence-electron chi connectivity index (χ4n) is 4.89. The number of carbonyl (C=O) groups excluding carboxylic acids is 2. The number of ketones is 1. The third-order valence-electron chi connectivity index (χ3n) is 7.13. The van der Waals surface area contributed by atoms with Gasteiger partial charge in [0, 0.05) is 37.4 Å². The van der Waals surface area contributed by atoms with Crippen LogP contribution in [0.3, 0.4) is 0 Å². The first kappa shape index (κ1) is 28.4. The van der Waals surface area contributed by atoms with Gasteiger partial charge in [0.1, 0.15) is 5.82 Å². The summed E-state index contributed by atoms with van der Waals surface area (Å²) in [6.07, 6.45) is 2.49. The number of nitrogens with zero attached hydrogens (tertiary/aromatic N) is 3. The number of amides is 1. The molecule has 2 fully saturated rings. The van der Waals surface area contributed by atoms with Gasteiger partial charge in [0.05, 0.1) is 42.5 Å². The number of thioether (sulfide) groups is 1. The number of aromatic nitrogens is 2. The zero-order valence-electron chi connectivity index (χ0n) is 22.3. The highest BCUT2D eigenvalue weighted by atomic mass is 32.2. The van der Waals surface area contributed by atoms with E-state index < -0.39 is 5.82 Å². The maximum atomic E-state index is 13.5. The fraction of sp³-hybridized carbons (Fsp3) is 0.448. The second kappa shape index (κ2) is 13.5. The first-order valence-electron chi connectivity index (χ1n) is 13.6. The minimum Gasteiger partial charge on any atom is -0.379 e. The number of halogens is 1. The third-order valence-corrected chi connectivity index (χ3v) is 8.11. The van der Waals surface area contributed by atoms with Gasteiger partial charge in [0.25, 0.3) is 11.5 Å². The van der Waals surface area contributed by atoms with Crippen molar-refractivity contribution in [2.45, 2.75) is 37.1 Å². The van der Waals surface area contributed by atoms with E-state index in [-0.39, 0.29) is 29.1 Å². The molecule has 0 unspecified atom stereocenters. The summed E-state index contributed by atoms with van der Waals surface area (Å²) >= 11 is 1.15. The fourth-order valence-corrected chi connectivity index (χ4v) is 5.79. The number of benzene rings is 2. The third kappa shape index (κ3) is 7.14. The van der Waals surface area contributed by atoms with Crippen LogP contribution < -0.4 is 10.9 Å². The van der Waals surface area contributed by atoms with Crippen molar-refractivity contribution in [3.63, 3.8) is 0 Å². The molecule has 2 saturated heterocycles. The second-order valence-corrected chi connectivity index (χ2v) is 10.9. The molecule has 3 aromatic rings. The first-order valence-corrected chi connectivity index (χ1v) is 14.6. The number of morpholine rings is 1. The predicted molar refractivity (Wildman–Crippen MR) is 151 cm³/mol.